The van der Waals surface area contributed by atoms with Gasteiger partial charge in [0.2, 0.25) is 0 Å². The maximum atomic E-state index is 4.48. The van der Waals surface area contributed by atoms with Gasteiger partial charge < -0.3 is 0 Å². The first-order valence-corrected chi connectivity index (χ1v) is 7.29. The van der Waals surface area contributed by atoms with Crippen molar-refractivity contribution in [2.45, 2.75) is 20.8 Å². The number of hydrogen-bond donors (Lipinski definition) is 0. The van der Waals surface area contributed by atoms with Crippen LogP contribution in [0.2, 0.25) is 0 Å². The molecule has 0 saturated carbocycles. The zero-order valence-corrected chi connectivity index (χ0v) is 12.8. The van der Waals surface area contributed by atoms with E-state index in [-0.39, 0.29) is 5.41 Å². The van der Waals surface area contributed by atoms with Crippen molar-refractivity contribution >= 4 is 11.8 Å². The Labute approximate surface area is 126 Å². The largest absolute Gasteiger partial charge is 0.292 e. The smallest absolute Gasteiger partial charge is 0.0475 e. The molecule has 2 nitrogen and oxygen atoms in total. The molecule has 0 radical (unpaired) electrons. The van der Waals surface area contributed by atoms with Gasteiger partial charge in [0.25, 0.3) is 0 Å². The maximum Gasteiger partial charge on any atom is 0.0475 e. The lowest BCUT2D eigenvalue weighted by Gasteiger charge is -2.22. The van der Waals surface area contributed by atoms with Crippen molar-refractivity contribution in [1.82, 2.24) is 4.98 Å². The van der Waals surface area contributed by atoms with Crippen molar-refractivity contribution in [2.75, 3.05) is 6.54 Å². The van der Waals surface area contributed by atoms with Crippen molar-refractivity contribution in [3.05, 3.63) is 59.9 Å². The van der Waals surface area contributed by atoms with Gasteiger partial charge in [-0.15, -0.1) is 0 Å². The third-order valence-corrected chi connectivity index (χ3v) is 3.70. The van der Waals surface area contributed by atoms with Crippen LogP contribution < -0.4 is 0 Å². The summed E-state index contributed by atoms with van der Waals surface area (Å²) in [6, 6.07) is 10.8. The number of rotatable bonds is 2. The highest BCUT2D eigenvalue weighted by molar-refractivity contribution is 6.10. The van der Waals surface area contributed by atoms with Crippen molar-refractivity contribution < 1.29 is 0 Å². The van der Waals surface area contributed by atoms with Gasteiger partial charge in [-0.3, -0.25) is 9.98 Å². The van der Waals surface area contributed by atoms with Gasteiger partial charge in [0.15, 0.2) is 0 Å². The lowest BCUT2D eigenvalue weighted by atomic mass is 9.87. The number of dihydropyridines is 1. The summed E-state index contributed by atoms with van der Waals surface area (Å²) in [5.41, 5.74) is 6.11. The Morgan fingerprint density at radius 1 is 0.952 bits per heavy atom. The van der Waals surface area contributed by atoms with Gasteiger partial charge in [0, 0.05) is 36.1 Å². The average Bonchev–Trinajstić information content (AvgIpc) is 2.46. The van der Waals surface area contributed by atoms with E-state index in [4.69, 9.17) is 0 Å². The molecule has 1 aliphatic heterocycles. The van der Waals surface area contributed by atoms with Gasteiger partial charge in [0.1, 0.15) is 0 Å². The fourth-order valence-electron chi connectivity index (χ4n) is 2.61. The molecule has 0 bridgehead atoms. The Morgan fingerprint density at radius 2 is 1.67 bits per heavy atom. The van der Waals surface area contributed by atoms with E-state index in [2.05, 4.69) is 67.2 Å². The zero-order chi connectivity index (χ0) is 14.9. The van der Waals surface area contributed by atoms with Crippen LogP contribution in [0.5, 0.6) is 0 Å². The lowest BCUT2D eigenvalue weighted by molar-refractivity contribution is 0.496. The predicted molar refractivity (Wildman–Crippen MR) is 89.5 cm³/mol. The fraction of sp³-hybridized carbons (Fsp3) is 0.263. The molecule has 2 heteroatoms. The molecule has 2 aromatic rings. The van der Waals surface area contributed by atoms with Gasteiger partial charge in [-0.25, -0.2) is 0 Å². The van der Waals surface area contributed by atoms with E-state index in [1.165, 1.54) is 22.3 Å². The van der Waals surface area contributed by atoms with Crippen molar-refractivity contribution in [3.63, 3.8) is 0 Å². The first kappa shape index (κ1) is 13.7. The van der Waals surface area contributed by atoms with Crippen LogP contribution in [0.3, 0.4) is 0 Å². The predicted octanol–water partition coefficient (Wildman–Crippen LogP) is 4.55. The molecule has 0 unspecified atom stereocenters. The molecule has 106 valence electrons. The minimum Gasteiger partial charge on any atom is -0.292 e. The summed E-state index contributed by atoms with van der Waals surface area (Å²) in [7, 11) is 0. The van der Waals surface area contributed by atoms with E-state index in [0.29, 0.717) is 0 Å². The minimum absolute atomic E-state index is 0.142. The van der Waals surface area contributed by atoms with Crippen LogP contribution in [0.15, 0.2) is 53.8 Å². The summed E-state index contributed by atoms with van der Waals surface area (Å²) >= 11 is 0. The highest BCUT2D eigenvalue weighted by Crippen LogP contribution is 2.28. The number of nitrogens with zero attached hydrogens (tertiary/aromatic N) is 2. The highest BCUT2D eigenvalue weighted by atomic mass is 14.7. The molecule has 21 heavy (non-hydrogen) atoms. The molecular formula is C19H20N2. The molecular weight excluding hydrogens is 256 g/mol. The van der Waals surface area contributed by atoms with E-state index >= 15 is 0 Å². The zero-order valence-electron chi connectivity index (χ0n) is 12.8. The second kappa shape index (κ2) is 5.28. The first-order valence-electron chi connectivity index (χ1n) is 7.29. The van der Waals surface area contributed by atoms with E-state index in [9.17, 15) is 0 Å². The number of pyridine rings is 1. The van der Waals surface area contributed by atoms with Crippen molar-refractivity contribution in [3.8, 4) is 11.1 Å². The average molecular weight is 276 g/mol. The Kier molecular flexibility index (Phi) is 3.46. The molecule has 0 spiro atoms. The van der Waals surface area contributed by atoms with Crippen LogP contribution in [0, 0.1) is 12.3 Å². The first-order chi connectivity index (χ1) is 10.0. The third-order valence-electron chi connectivity index (χ3n) is 3.70. The second-order valence-corrected chi connectivity index (χ2v) is 6.39. The molecule has 1 aromatic carbocycles. The molecule has 0 N–H and O–H groups in total. The molecule has 0 fully saturated rings. The number of hydrogen-bond acceptors (Lipinski definition) is 2. The molecule has 0 aliphatic carbocycles. The number of aryl methyl sites for hydroxylation is 1. The van der Waals surface area contributed by atoms with Gasteiger partial charge in [-0.05, 0) is 35.3 Å². The Bertz CT molecular complexity index is 707. The summed E-state index contributed by atoms with van der Waals surface area (Å²) in [6.07, 6.45) is 8.08. The molecule has 0 saturated heterocycles. The molecule has 0 atom stereocenters. The highest BCUT2D eigenvalue weighted by Gasteiger charge is 2.18. The molecule has 0 amide bonds. The van der Waals surface area contributed by atoms with Gasteiger partial charge in [0.05, 0.1) is 0 Å². The summed E-state index contributed by atoms with van der Waals surface area (Å²) in [5, 5.41) is 0. The second-order valence-electron chi connectivity index (χ2n) is 6.39. The number of aliphatic imine (C=N–C) groups is 1. The Balaban J connectivity index is 1.91. The van der Waals surface area contributed by atoms with Crippen LogP contribution >= 0.6 is 0 Å². The Hall–Kier alpha value is -2.22. The van der Waals surface area contributed by atoms with E-state index in [1.54, 1.807) is 0 Å². The summed E-state index contributed by atoms with van der Waals surface area (Å²) in [5.74, 6) is 0. The number of aromatic nitrogens is 1. The van der Waals surface area contributed by atoms with Crippen LogP contribution in [-0.4, -0.2) is 17.7 Å². The molecule has 2 heterocycles. The summed E-state index contributed by atoms with van der Waals surface area (Å²) in [4.78, 5) is 8.74. The topological polar surface area (TPSA) is 25.2 Å². The van der Waals surface area contributed by atoms with Gasteiger partial charge in [-0.1, -0.05) is 44.2 Å². The SMILES string of the molecule is Cc1cncc(-c2ccc(C3=CC(C)(C)CN=C3)cc2)c1. The normalized spacial score (nSPS) is 16.6. The molecule has 1 aliphatic rings. The minimum atomic E-state index is 0.142. The van der Waals surface area contributed by atoms with E-state index < -0.39 is 0 Å². The lowest BCUT2D eigenvalue weighted by Crippen LogP contribution is -2.16. The van der Waals surface area contributed by atoms with E-state index in [0.717, 1.165) is 12.1 Å². The van der Waals surface area contributed by atoms with Gasteiger partial charge >= 0.3 is 0 Å². The monoisotopic (exact) mass is 276 g/mol. The van der Waals surface area contributed by atoms with Crippen LogP contribution in [0.1, 0.15) is 25.0 Å². The molecule has 3 rings (SSSR count). The number of allylic oxidation sites excluding steroid dienone is 1. The van der Waals surface area contributed by atoms with Crippen molar-refractivity contribution in [2.24, 2.45) is 10.4 Å². The van der Waals surface area contributed by atoms with Crippen LogP contribution in [0.25, 0.3) is 16.7 Å². The van der Waals surface area contributed by atoms with Gasteiger partial charge in [-0.2, -0.15) is 0 Å². The summed E-state index contributed by atoms with van der Waals surface area (Å²) in [6.45, 7) is 7.37. The third kappa shape index (κ3) is 3.10. The molecule has 1 aromatic heterocycles. The summed E-state index contributed by atoms with van der Waals surface area (Å²) < 4.78 is 0. The van der Waals surface area contributed by atoms with Crippen LogP contribution in [-0.2, 0) is 0 Å². The standard InChI is InChI=1S/C19H20N2/c1-14-8-17(11-20-10-14)15-4-6-16(7-5-15)18-9-19(2,3)13-21-12-18/h4-12H,13H2,1-3H3. The van der Waals surface area contributed by atoms with Crippen molar-refractivity contribution in [1.29, 1.82) is 0 Å². The van der Waals surface area contributed by atoms with Crippen LogP contribution in [0.4, 0.5) is 0 Å². The number of benzene rings is 1. The van der Waals surface area contributed by atoms with E-state index in [1.807, 2.05) is 18.6 Å². The maximum absolute atomic E-state index is 4.48. The quantitative estimate of drug-likeness (QED) is 0.790. The fourth-order valence-corrected chi connectivity index (χ4v) is 2.61. The Morgan fingerprint density at radius 3 is 2.33 bits per heavy atom.